The highest BCUT2D eigenvalue weighted by atomic mass is 127. The van der Waals surface area contributed by atoms with Gasteiger partial charge >= 0.3 is 0 Å². The standard InChI is InChI=1S/C21H25FN4O.HI/c1-23-21(24-14-16-5-9-18(22)10-6-16)25-15-17-7-11-19(12-8-17)26-13-3-2-4-20(26)27;/h5-12H,2-4,13-15H2,1H3,(H2,23,24,25);1H. The van der Waals surface area contributed by atoms with Crippen molar-refractivity contribution in [3.8, 4) is 0 Å². The molecule has 1 fully saturated rings. The molecule has 150 valence electrons. The number of piperidine rings is 1. The number of aliphatic imine (C=N–C) groups is 1. The maximum Gasteiger partial charge on any atom is 0.226 e. The molecule has 2 aromatic carbocycles. The van der Waals surface area contributed by atoms with Gasteiger partial charge in [-0.25, -0.2) is 4.39 Å². The molecule has 7 heteroatoms. The summed E-state index contributed by atoms with van der Waals surface area (Å²) in [6.45, 7) is 1.99. The van der Waals surface area contributed by atoms with E-state index in [1.165, 1.54) is 12.1 Å². The first-order valence-corrected chi connectivity index (χ1v) is 9.24. The van der Waals surface area contributed by atoms with Gasteiger partial charge in [0.05, 0.1) is 0 Å². The number of halogens is 2. The van der Waals surface area contributed by atoms with Crippen LogP contribution < -0.4 is 15.5 Å². The summed E-state index contributed by atoms with van der Waals surface area (Å²) in [5.41, 5.74) is 3.05. The predicted molar refractivity (Wildman–Crippen MR) is 121 cm³/mol. The number of carbonyl (C=O) groups excluding carboxylic acids is 1. The first-order chi connectivity index (χ1) is 13.2. The number of hydrogen-bond donors (Lipinski definition) is 2. The molecule has 0 spiro atoms. The van der Waals surface area contributed by atoms with Crippen molar-refractivity contribution >= 4 is 41.5 Å². The quantitative estimate of drug-likeness (QED) is 0.376. The second kappa shape index (κ2) is 11.0. The van der Waals surface area contributed by atoms with Gasteiger partial charge in [-0.15, -0.1) is 24.0 Å². The van der Waals surface area contributed by atoms with Crippen molar-refractivity contribution in [2.45, 2.75) is 32.4 Å². The molecule has 28 heavy (non-hydrogen) atoms. The van der Waals surface area contributed by atoms with Crippen LogP contribution in [0.15, 0.2) is 53.5 Å². The molecule has 0 radical (unpaired) electrons. The summed E-state index contributed by atoms with van der Waals surface area (Å²) in [6.07, 6.45) is 2.69. The molecule has 0 aliphatic carbocycles. The Bertz CT molecular complexity index is 793. The Morgan fingerprint density at radius 3 is 2.11 bits per heavy atom. The van der Waals surface area contributed by atoms with E-state index in [2.05, 4.69) is 15.6 Å². The monoisotopic (exact) mass is 496 g/mol. The van der Waals surface area contributed by atoms with E-state index in [9.17, 15) is 9.18 Å². The molecule has 5 nitrogen and oxygen atoms in total. The van der Waals surface area contributed by atoms with E-state index in [1.54, 1.807) is 19.2 Å². The van der Waals surface area contributed by atoms with Crippen LogP contribution in [0.2, 0.25) is 0 Å². The molecule has 1 amide bonds. The third-order valence-electron chi connectivity index (χ3n) is 4.63. The van der Waals surface area contributed by atoms with E-state index in [1.807, 2.05) is 29.2 Å². The molecular weight excluding hydrogens is 470 g/mol. The van der Waals surface area contributed by atoms with E-state index in [0.717, 1.165) is 36.2 Å². The van der Waals surface area contributed by atoms with Gasteiger partial charge < -0.3 is 15.5 Å². The van der Waals surface area contributed by atoms with Crippen LogP contribution in [0.5, 0.6) is 0 Å². The third-order valence-corrected chi connectivity index (χ3v) is 4.63. The van der Waals surface area contributed by atoms with E-state index in [4.69, 9.17) is 0 Å². The number of nitrogens with zero attached hydrogens (tertiary/aromatic N) is 2. The first-order valence-electron chi connectivity index (χ1n) is 9.24. The number of benzene rings is 2. The van der Waals surface area contributed by atoms with Crippen LogP contribution in [0.3, 0.4) is 0 Å². The number of hydrogen-bond acceptors (Lipinski definition) is 2. The zero-order valence-corrected chi connectivity index (χ0v) is 18.3. The van der Waals surface area contributed by atoms with Crippen LogP contribution in [0.1, 0.15) is 30.4 Å². The lowest BCUT2D eigenvalue weighted by molar-refractivity contribution is -0.119. The number of carbonyl (C=O) groups is 1. The number of amides is 1. The number of nitrogens with one attached hydrogen (secondary N) is 2. The van der Waals surface area contributed by atoms with Gasteiger partial charge in [-0.2, -0.15) is 0 Å². The number of guanidine groups is 1. The van der Waals surface area contributed by atoms with Gasteiger partial charge in [0.25, 0.3) is 0 Å². The van der Waals surface area contributed by atoms with Crippen LogP contribution in [0.4, 0.5) is 10.1 Å². The maximum atomic E-state index is 13.0. The van der Waals surface area contributed by atoms with Crippen LogP contribution in [-0.4, -0.2) is 25.5 Å². The molecule has 0 aromatic heterocycles. The third kappa shape index (κ3) is 6.19. The largest absolute Gasteiger partial charge is 0.352 e. The molecule has 1 saturated heterocycles. The summed E-state index contributed by atoms with van der Waals surface area (Å²) in [7, 11) is 1.71. The number of anilines is 1. The molecule has 2 N–H and O–H groups in total. The molecule has 3 rings (SSSR count). The molecule has 2 aromatic rings. The zero-order chi connectivity index (χ0) is 19.1. The Hall–Kier alpha value is -2.16. The summed E-state index contributed by atoms with van der Waals surface area (Å²) >= 11 is 0. The Morgan fingerprint density at radius 1 is 1.00 bits per heavy atom. The lowest BCUT2D eigenvalue weighted by Crippen LogP contribution is -2.36. The smallest absolute Gasteiger partial charge is 0.226 e. The van der Waals surface area contributed by atoms with Gasteiger partial charge in [0.15, 0.2) is 5.96 Å². The minimum absolute atomic E-state index is 0. The predicted octanol–water partition coefficient (Wildman–Crippen LogP) is 3.83. The minimum Gasteiger partial charge on any atom is -0.352 e. The normalized spacial score (nSPS) is 14.4. The average Bonchev–Trinajstić information content (AvgIpc) is 2.70. The summed E-state index contributed by atoms with van der Waals surface area (Å²) < 4.78 is 13.0. The number of rotatable bonds is 5. The van der Waals surface area contributed by atoms with Crippen molar-refractivity contribution in [3.63, 3.8) is 0 Å². The summed E-state index contributed by atoms with van der Waals surface area (Å²) in [5.74, 6) is 0.642. The van der Waals surface area contributed by atoms with Crippen LogP contribution >= 0.6 is 24.0 Å². The highest BCUT2D eigenvalue weighted by Crippen LogP contribution is 2.21. The summed E-state index contributed by atoms with van der Waals surface area (Å²) in [6, 6.07) is 14.4. The summed E-state index contributed by atoms with van der Waals surface area (Å²) in [4.78, 5) is 18.1. The molecular formula is C21H26FIN4O. The van der Waals surface area contributed by atoms with Crippen LogP contribution in [-0.2, 0) is 17.9 Å². The minimum atomic E-state index is -0.240. The van der Waals surface area contributed by atoms with Crippen molar-refractivity contribution in [1.82, 2.24) is 10.6 Å². The fourth-order valence-electron chi connectivity index (χ4n) is 3.07. The Kier molecular flexibility index (Phi) is 8.69. The van der Waals surface area contributed by atoms with Crippen molar-refractivity contribution in [1.29, 1.82) is 0 Å². The maximum absolute atomic E-state index is 13.0. The fraction of sp³-hybridized carbons (Fsp3) is 0.333. The van der Waals surface area contributed by atoms with Crippen molar-refractivity contribution < 1.29 is 9.18 Å². The van der Waals surface area contributed by atoms with Gasteiger partial charge in [-0.1, -0.05) is 24.3 Å². The summed E-state index contributed by atoms with van der Waals surface area (Å²) in [5, 5.41) is 6.47. The highest BCUT2D eigenvalue weighted by molar-refractivity contribution is 14.0. The molecule has 1 aliphatic heterocycles. The topological polar surface area (TPSA) is 56.7 Å². The fourth-order valence-corrected chi connectivity index (χ4v) is 3.07. The lowest BCUT2D eigenvalue weighted by atomic mass is 10.1. The Labute approximate surface area is 182 Å². The van der Waals surface area contributed by atoms with Crippen LogP contribution in [0.25, 0.3) is 0 Å². The van der Waals surface area contributed by atoms with Gasteiger partial charge in [0.1, 0.15) is 5.82 Å². The van der Waals surface area contributed by atoms with E-state index < -0.39 is 0 Å². The van der Waals surface area contributed by atoms with Crippen LogP contribution in [0, 0.1) is 5.82 Å². The average molecular weight is 496 g/mol. The molecule has 1 heterocycles. The lowest BCUT2D eigenvalue weighted by Gasteiger charge is -2.26. The second-order valence-electron chi connectivity index (χ2n) is 6.57. The zero-order valence-electron chi connectivity index (χ0n) is 16.0. The Morgan fingerprint density at radius 2 is 1.57 bits per heavy atom. The van der Waals surface area contributed by atoms with Gasteiger partial charge in [0, 0.05) is 38.8 Å². The highest BCUT2D eigenvalue weighted by Gasteiger charge is 2.19. The molecule has 0 bridgehead atoms. The van der Waals surface area contributed by atoms with E-state index in [0.29, 0.717) is 25.5 Å². The molecule has 0 saturated carbocycles. The van der Waals surface area contributed by atoms with E-state index >= 15 is 0 Å². The van der Waals surface area contributed by atoms with Crippen molar-refractivity contribution in [3.05, 3.63) is 65.5 Å². The van der Waals surface area contributed by atoms with E-state index in [-0.39, 0.29) is 35.7 Å². The van der Waals surface area contributed by atoms with Crippen molar-refractivity contribution in [2.24, 2.45) is 4.99 Å². The van der Waals surface area contributed by atoms with Gasteiger partial charge in [-0.3, -0.25) is 9.79 Å². The van der Waals surface area contributed by atoms with Crippen molar-refractivity contribution in [2.75, 3.05) is 18.5 Å². The molecule has 0 atom stereocenters. The van der Waals surface area contributed by atoms with Gasteiger partial charge in [0.2, 0.25) is 5.91 Å². The first kappa shape index (κ1) is 22.1. The Balaban J connectivity index is 0.00000280. The second-order valence-corrected chi connectivity index (χ2v) is 6.57. The molecule has 1 aliphatic rings. The molecule has 0 unspecified atom stereocenters. The SMILES string of the molecule is CN=C(NCc1ccc(F)cc1)NCc1ccc(N2CCCCC2=O)cc1.I. The van der Waals surface area contributed by atoms with Gasteiger partial charge in [-0.05, 0) is 48.2 Å².